The molecule has 1 saturated heterocycles. The number of hydrogen-bond donors (Lipinski definition) is 2. The number of unbranched alkanes of at least 4 members (excludes halogenated alkanes) is 9. The van der Waals surface area contributed by atoms with E-state index >= 15 is 0 Å². The van der Waals surface area contributed by atoms with Gasteiger partial charge in [0.15, 0.2) is 0 Å². The van der Waals surface area contributed by atoms with Crippen molar-refractivity contribution >= 4 is 0 Å². The summed E-state index contributed by atoms with van der Waals surface area (Å²) in [5.41, 5.74) is 0. The normalized spacial score (nSPS) is 20.6. The third-order valence-electron chi connectivity index (χ3n) is 4.36. The first-order valence-corrected chi connectivity index (χ1v) is 9.17. The van der Waals surface area contributed by atoms with Gasteiger partial charge in [-0.1, -0.05) is 71.1 Å². The minimum atomic E-state index is -1.50. The van der Waals surface area contributed by atoms with Crippen LogP contribution in [0.3, 0.4) is 0 Å². The topological polar surface area (TPSA) is 92.8 Å². The van der Waals surface area contributed by atoms with Gasteiger partial charge in [-0.2, -0.15) is 0 Å². The standard InChI is InChI=1S/C17H34O2.HNO3/c1-2-3-4-5-6-7-8-9-10-11-12-16-15-19-14-13-17(16)18;2-1(3)4/h16-18H,2-15H2,1H3;(H,2,3,4). The Morgan fingerprint density at radius 3 is 2.00 bits per heavy atom. The van der Waals surface area contributed by atoms with Gasteiger partial charge >= 0.3 is 0 Å². The van der Waals surface area contributed by atoms with E-state index in [0.717, 1.165) is 26.1 Å². The van der Waals surface area contributed by atoms with Crippen molar-refractivity contribution in [2.75, 3.05) is 13.2 Å². The molecule has 0 aromatic carbocycles. The van der Waals surface area contributed by atoms with Crippen LogP contribution in [0.1, 0.15) is 84.0 Å². The average Bonchev–Trinajstić information content (AvgIpc) is 2.50. The average molecular weight is 333 g/mol. The first kappa shape index (κ1) is 22.1. The van der Waals surface area contributed by atoms with Crippen LogP contribution in [0.25, 0.3) is 0 Å². The maximum Gasteiger partial charge on any atom is 0.291 e. The van der Waals surface area contributed by atoms with Crippen molar-refractivity contribution in [3.05, 3.63) is 10.1 Å². The Balaban J connectivity index is 0.00000108. The molecule has 2 atom stereocenters. The Morgan fingerprint density at radius 2 is 1.52 bits per heavy atom. The van der Waals surface area contributed by atoms with Crippen LogP contribution < -0.4 is 0 Å². The van der Waals surface area contributed by atoms with Gasteiger partial charge in [0.25, 0.3) is 5.09 Å². The smallest absolute Gasteiger partial charge is 0.291 e. The van der Waals surface area contributed by atoms with Crippen molar-refractivity contribution in [2.45, 2.75) is 90.1 Å². The lowest BCUT2D eigenvalue weighted by molar-refractivity contribution is -0.742. The minimum Gasteiger partial charge on any atom is -0.393 e. The van der Waals surface area contributed by atoms with Gasteiger partial charge in [-0.3, -0.25) is 0 Å². The number of aliphatic hydroxyl groups is 1. The van der Waals surface area contributed by atoms with Gasteiger partial charge in [0.2, 0.25) is 0 Å². The second-order valence-corrected chi connectivity index (χ2v) is 6.40. The molecule has 138 valence electrons. The van der Waals surface area contributed by atoms with Gasteiger partial charge in [-0.25, -0.2) is 0 Å². The molecule has 0 bridgehead atoms. The molecule has 1 fully saturated rings. The lowest BCUT2D eigenvalue weighted by atomic mass is 9.92. The zero-order valence-corrected chi connectivity index (χ0v) is 14.6. The maximum absolute atomic E-state index is 9.83. The van der Waals surface area contributed by atoms with Crippen molar-refractivity contribution in [3.8, 4) is 0 Å². The molecule has 1 aliphatic heterocycles. The Bertz CT molecular complexity index is 272. The van der Waals surface area contributed by atoms with Gasteiger partial charge < -0.3 is 15.1 Å². The van der Waals surface area contributed by atoms with Crippen LogP contribution in [0, 0.1) is 16.0 Å². The van der Waals surface area contributed by atoms with Crippen LogP contribution >= 0.6 is 0 Å². The highest BCUT2D eigenvalue weighted by atomic mass is 16.9. The van der Waals surface area contributed by atoms with Crippen molar-refractivity contribution < 1.29 is 20.1 Å². The molecular formula is C17H35NO5. The molecule has 0 aromatic heterocycles. The molecule has 6 nitrogen and oxygen atoms in total. The van der Waals surface area contributed by atoms with Crippen molar-refractivity contribution in [1.29, 1.82) is 0 Å². The fourth-order valence-electron chi connectivity index (χ4n) is 2.96. The highest BCUT2D eigenvalue weighted by Gasteiger charge is 2.22. The molecule has 1 aliphatic rings. The van der Waals surface area contributed by atoms with E-state index in [9.17, 15) is 5.11 Å². The summed E-state index contributed by atoms with van der Waals surface area (Å²) in [6.45, 7) is 3.79. The zero-order valence-electron chi connectivity index (χ0n) is 14.6. The van der Waals surface area contributed by atoms with E-state index in [1.807, 2.05) is 0 Å². The van der Waals surface area contributed by atoms with Crippen LogP contribution in [0.15, 0.2) is 0 Å². The van der Waals surface area contributed by atoms with E-state index in [1.165, 1.54) is 64.2 Å². The summed E-state index contributed by atoms with van der Waals surface area (Å²) in [4.78, 5) is 8.36. The molecule has 2 unspecified atom stereocenters. The number of hydrogen-bond acceptors (Lipinski definition) is 4. The number of aliphatic hydroxyl groups excluding tert-OH is 1. The zero-order chi connectivity index (χ0) is 17.3. The number of ether oxygens (including phenoxy) is 1. The lowest BCUT2D eigenvalue weighted by Gasteiger charge is -2.27. The second-order valence-electron chi connectivity index (χ2n) is 6.40. The molecule has 23 heavy (non-hydrogen) atoms. The van der Waals surface area contributed by atoms with Gasteiger partial charge in [0, 0.05) is 12.5 Å². The van der Waals surface area contributed by atoms with Crippen LogP contribution in [0.5, 0.6) is 0 Å². The molecule has 0 aliphatic carbocycles. The van der Waals surface area contributed by atoms with Gasteiger partial charge in [0.1, 0.15) is 0 Å². The largest absolute Gasteiger partial charge is 0.393 e. The number of nitrogens with zero attached hydrogens (tertiary/aromatic N) is 1. The maximum atomic E-state index is 9.83. The van der Waals surface area contributed by atoms with E-state index in [2.05, 4.69) is 6.92 Å². The predicted molar refractivity (Wildman–Crippen MR) is 90.2 cm³/mol. The van der Waals surface area contributed by atoms with E-state index in [-0.39, 0.29) is 6.10 Å². The summed E-state index contributed by atoms with van der Waals surface area (Å²) in [6.07, 6.45) is 15.7. The van der Waals surface area contributed by atoms with Crippen LogP contribution in [0.2, 0.25) is 0 Å². The highest BCUT2D eigenvalue weighted by molar-refractivity contribution is 4.72. The minimum absolute atomic E-state index is 0.104. The Hall–Kier alpha value is -0.880. The summed E-state index contributed by atoms with van der Waals surface area (Å²) in [5.74, 6) is 0.405. The van der Waals surface area contributed by atoms with E-state index in [0.29, 0.717) is 5.92 Å². The Morgan fingerprint density at radius 1 is 1.04 bits per heavy atom. The molecule has 1 rings (SSSR count). The Kier molecular flexibility index (Phi) is 15.4. The van der Waals surface area contributed by atoms with Crippen LogP contribution in [-0.2, 0) is 4.74 Å². The van der Waals surface area contributed by atoms with Crippen LogP contribution in [0.4, 0.5) is 0 Å². The predicted octanol–water partition coefficient (Wildman–Crippen LogP) is 4.35. The molecule has 0 spiro atoms. The summed E-state index contributed by atoms with van der Waals surface area (Å²) in [5, 5.41) is 23.5. The van der Waals surface area contributed by atoms with E-state index in [4.69, 9.17) is 20.1 Å². The third kappa shape index (κ3) is 15.8. The summed E-state index contributed by atoms with van der Waals surface area (Å²) < 4.78 is 5.43. The summed E-state index contributed by atoms with van der Waals surface area (Å²) >= 11 is 0. The monoisotopic (exact) mass is 333 g/mol. The molecular weight excluding hydrogens is 298 g/mol. The van der Waals surface area contributed by atoms with Gasteiger partial charge in [-0.05, 0) is 12.8 Å². The van der Waals surface area contributed by atoms with Crippen molar-refractivity contribution in [1.82, 2.24) is 0 Å². The second kappa shape index (κ2) is 16.0. The lowest BCUT2D eigenvalue weighted by Crippen LogP contribution is -2.31. The third-order valence-corrected chi connectivity index (χ3v) is 4.36. The van der Waals surface area contributed by atoms with Crippen molar-refractivity contribution in [3.63, 3.8) is 0 Å². The molecule has 0 aromatic rings. The van der Waals surface area contributed by atoms with Crippen molar-refractivity contribution in [2.24, 2.45) is 5.92 Å². The Labute approximate surface area is 140 Å². The molecule has 0 amide bonds. The van der Waals surface area contributed by atoms with Crippen LogP contribution in [-0.4, -0.2) is 34.7 Å². The molecule has 2 N–H and O–H groups in total. The molecule has 6 heteroatoms. The number of rotatable bonds is 11. The molecule has 0 radical (unpaired) electrons. The fourth-order valence-corrected chi connectivity index (χ4v) is 2.96. The van der Waals surface area contributed by atoms with Gasteiger partial charge in [0.05, 0.1) is 12.7 Å². The molecule has 0 saturated carbocycles. The summed E-state index contributed by atoms with van der Waals surface area (Å²) in [7, 11) is 0. The SMILES string of the molecule is CCCCCCCCCCCCC1COCCC1O.O=[N+]([O-])O. The summed E-state index contributed by atoms with van der Waals surface area (Å²) in [6, 6.07) is 0. The fraction of sp³-hybridized carbons (Fsp3) is 1.00. The quantitative estimate of drug-likeness (QED) is 0.333. The molecule has 1 heterocycles. The first-order chi connectivity index (χ1) is 11.1. The van der Waals surface area contributed by atoms with Gasteiger partial charge in [-0.15, -0.1) is 10.1 Å². The van der Waals surface area contributed by atoms with E-state index < -0.39 is 5.09 Å². The van der Waals surface area contributed by atoms with E-state index in [1.54, 1.807) is 0 Å². The highest BCUT2D eigenvalue weighted by Crippen LogP contribution is 2.21. The first-order valence-electron chi connectivity index (χ1n) is 9.17.